The Morgan fingerprint density at radius 3 is 1.76 bits per heavy atom. The highest BCUT2D eigenvalue weighted by atomic mass is 16.6. The number of fused-ring (bicyclic) bond motifs is 5. The van der Waals surface area contributed by atoms with Crippen molar-refractivity contribution in [3.63, 3.8) is 0 Å². The smallest absolute Gasteiger partial charge is 0.407 e. The number of aryl methyl sites for hydroxylation is 1. The van der Waals surface area contributed by atoms with Gasteiger partial charge in [-0.25, -0.2) is 19.2 Å². The van der Waals surface area contributed by atoms with Gasteiger partial charge in [0, 0.05) is 36.7 Å². The second-order valence-electron chi connectivity index (χ2n) is 22.4. The van der Waals surface area contributed by atoms with Crippen LogP contribution in [0.2, 0.25) is 0 Å². The van der Waals surface area contributed by atoms with E-state index < -0.39 is 113 Å². The third kappa shape index (κ3) is 21.4. The summed E-state index contributed by atoms with van der Waals surface area (Å²) < 4.78 is 33.7. The van der Waals surface area contributed by atoms with E-state index in [-0.39, 0.29) is 79.4 Å². The van der Waals surface area contributed by atoms with Gasteiger partial charge >= 0.3 is 24.2 Å². The highest BCUT2D eigenvalue weighted by molar-refractivity contribution is 6.00. The number of carbonyl (C=O) groups is 10. The molecule has 25 heteroatoms. The molecule has 0 fully saturated rings. The van der Waals surface area contributed by atoms with Crippen LogP contribution in [0.25, 0.3) is 11.1 Å². The average Bonchev–Trinajstić information content (AvgIpc) is 3.58. The molecule has 9 N–H and O–H groups in total. The van der Waals surface area contributed by atoms with Crippen molar-refractivity contribution in [3.05, 3.63) is 82.9 Å². The van der Waals surface area contributed by atoms with Crippen LogP contribution in [-0.2, 0) is 54.1 Å². The van der Waals surface area contributed by atoms with E-state index in [1.54, 1.807) is 118 Å². The molecule has 4 bridgehead atoms. The van der Waals surface area contributed by atoms with Gasteiger partial charge in [-0.15, -0.1) is 0 Å². The Kier molecular flexibility index (Phi) is 23.4. The summed E-state index contributed by atoms with van der Waals surface area (Å²) in [5, 5.41) is 18.5. The number of alkyl carbamates (subject to hydrolysis) is 3. The minimum absolute atomic E-state index is 0.0354. The summed E-state index contributed by atoms with van der Waals surface area (Å²) in [5.41, 5.74) is 4.64. The monoisotopic (exact) mass is 1150 g/mol. The molecule has 3 aromatic rings. The molecule has 0 saturated heterocycles. The summed E-state index contributed by atoms with van der Waals surface area (Å²) in [4.78, 5) is 136. The van der Waals surface area contributed by atoms with Gasteiger partial charge in [0.15, 0.2) is 6.61 Å². The Labute approximate surface area is 477 Å². The van der Waals surface area contributed by atoms with E-state index in [1.165, 1.54) is 33.0 Å². The molecule has 5 atom stereocenters. The van der Waals surface area contributed by atoms with Gasteiger partial charge < -0.3 is 76.3 Å². The molecule has 1 heterocycles. The molecule has 9 amide bonds. The number of nitrogens with one attached hydrogen (secondary N) is 7. The van der Waals surface area contributed by atoms with Crippen LogP contribution in [-0.4, -0.2) is 152 Å². The van der Waals surface area contributed by atoms with Crippen LogP contribution in [0.5, 0.6) is 11.5 Å². The molecule has 25 nitrogen and oxygen atoms in total. The molecule has 1 aliphatic rings. The number of nitrogens with two attached hydrogens (primary N) is 1. The SMILES string of the molecule is Cc1ccccc1C(=O)N[C@@H](CCNC(=O)OC(C)(C)C)C(=O)N(C)[C@@H]1C(=O)N[C@@H](C)C(=O)N[C@H](C(=O)N[C@@H](C)C(=O)OCC(N)=O)Cc2ccc(OCCNC(=O)OC(C)(C)C)c(c2)-c2cc1ccc2OCCNC(=O)OC(C)(C)C. The Balaban J connectivity index is 1.94. The van der Waals surface area contributed by atoms with Crippen LogP contribution >= 0.6 is 0 Å². The van der Waals surface area contributed by atoms with Gasteiger partial charge in [-0.3, -0.25) is 28.8 Å². The minimum atomic E-state index is -1.61. The zero-order valence-electron chi connectivity index (χ0n) is 48.9. The fourth-order valence-electron chi connectivity index (χ4n) is 7.97. The number of carbonyl (C=O) groups excluding carboxylic acids is 10. The van der Waals surface area contributed by atoms with Crippen LogP contribution in [0.15, 0.2) is 60.7 Å². The number of esters is 1. The number of likely N-dealkylation sites (N-methyl/N-ethyl adjacent to an activating group) is 1. The zero-order valence-corrected chi connectivity index (χ0v) is 48.9. The Morgan fingerprint density at radius 1 is 0.695 bits per heavy atom. The van der Waals surface area contributed by atoms with Crippen LogP contribution in [0.3, 0.4) is 0 Å². The van der Waals surface area contributed by atoms with E-state index in [9.17, 15) is 38.4 Å². The van der Waals surface area contributed by atoms with Crippen molar-refractivity contribution < 1.29 is 76.4 Å². The number of rotatable bonds is 20. The molecular formula is C57H79N9O16. The normalized spacial score (nSPS) is 16.1. The number of primary amides is 1. The third-order valence-corrected chi connectivity index (χ3v) is 11.7. The predicted octanol–water partition coefficient (Wildman–Crippen LogP) is 3.76. The molecule has 0 saturated carbocycles. The van der Waals surface area contributed by atoms with Gasteiger partial charge in [0.1, 0.15) is 71.7 Å². The molecule has 1 aliphatic heterocycles. The maximum absolute atomic E-state index is 15.1. The summed E-state index contributed by atoms with van der Waals surface area (Å²) in [6, 6.07) is 8.90. The molecule has 0 spiro atoms. The summed E-state index contributed by atoms with van der Waals surface area (Å²) in [6.45, 7) is 18.4. The highest BCUT2D eigenvalue weighted by Crippen LogP contribution is 2.40. The first-order valence-electron chi connectivity index (χ1n) is 26.6. The number of hydrogen-bond acceptors (Lipinski definition) is 16. The van der Waals surface area contributed by atoms with Crippen LogP contribution < -0.4 is 52.4 Å². The average molecular weight is 1150 g/mol. The number of hydrogen-bond donors (Lipinski definition) is 8. The Morgan fingerprint density at radius 2 is 1.22 bits per heavy atom. The lowest BCUT2D eigenvalue weighted by Crippen LogP contribution is -2.57. The van der Waals surface area contributed by atoms with Gasteiger partial charge in [0.2, 0.25) is 23.6 Å². The molecule has 4 rings (SSSR count). The van der Waals surface area contributed by atoms with E-state index >= 15 is 9.59 Å². The van der Waals surface area contributed by atoms with Gasteiger partial charge in [-0.05, 0) is 137 Å². The molecular weight excluding hydrogens is 1070 g/mol. The summed E-state index contributed by atoms with van der Waals surface area (Å²) in [6.07, 6.45) is -2.61. The molecule has 3 aromatic carbocycles. The van der Waals surface area contributed by atoms with Crippen molar-refractivity contribution in [2.24, 2.45) is 5.73 Å². The number of benzene rings is 3. The van der Waals surface area contributed by atoms with Crippen molar-refractivity contribution in [1.82, 2.24) is 42.1 Å². The van der Waals surface area contributed by atoms with Gasteiger partial charge in [-0.1, -0.05) is 30.3 Å². The van der Waals surface area contributed by atoms with Crippen molar-refractivity contribution in [3.8, 4) is 22.6 Å². The number of nitrogens with zero attached hydrogens (tertiary/aromatic N) is 1. The lowest BCUT2D eigenvalue weighted by molar-refractivity contribution is -0.150. The van der Waals surface area contributed by atoms with E-state index in [0.29, 0.717) is 11.1 Å². The molecule has 448 valence electrons. The fourth-order valence-corrected chi connectivity index (χ4v) is 7.97. The standard InChI is InChI=1S/C57H79N9O16/c1-32-16-14-15-17-37(32)47(69)64-40(22-23-59-52(74)80-55(4,5)6)50(72)66(13)45-36-19-21-43(78-27-25-61-54(76)82-57(10,11)12)39(30-36)38-28-35(18-20-42(38)77-26-24-60-53(75)81-56(7,8)9)29-41(65-46(68)33(2)62-49(45)71)48(70)63-34(3)51(73)79-31-44(58)67/h14-21,28,30,33-34,40-41,45H,22-27,29,31H2,1-13H3,(H2,58,67)(H,59,74)(H,60,75)(H,61,76)(H,62,71)(H,63,70)(H,64,69)(H,65,68)/t33-,34-,40-,41-,45-/m0/s1. The first kappa shape index (κ1) is 65.9. The predicted molar refractivity (Wildman–Crippen MR) is 299 cm³/mol. The van der Waals surface area contributed by atoms with E-state index in [4.69, 9.17) is 34.2 Å². The maximum atomic E-state index is 15.1. The van der Waals surface area contributed by atoms with Gasteiger partial charge in [0.25, 0.3) is 11.8 Å². The Hall–Kier alpha value is -8.64. The molecule has 0 aliphatic carbocycles. The van der Waals surface area contributed by atoms with Crippen LogP contribution in [0.4, 0.5) is 14.4 Å². The molecule has 82 heavy (non-hydrogen) atoms. The number of ether oxygens (including phenoxy) is 6. The van der Waals surface area contributed by atoms with E-state index in [1.807, 2.05) is 0 Å². The maximum Gasteiger partial charge on any atom is 0.407 e. The fraction of sp³-hybridized carbons (Fsp3) is 0.509. The first-order valence-corrected chi connectivity index (χ1v) is 26.6. The van der Waals surface area contributed by atoms with Crippen molar-refractivity contribution >= 4 is 59.7 Å². The van der Waals surface area contributed by atoms with Crippen LogP contribution in [0.1, 0.15) is 116 Å². The summed E-state index contributed by atoms with van der Waals surface area (Å²) in [7, 11) is 1.32. The highest BCUT2D eigenvalue weighted by Gasteiger charge is 2.37. The summed E-state index contributed by atoms with van der Waals surface area (Å²) in [5.74, 6) is -5.65. The third-order valence-electron chi connectivity index (χ3n) is 11.7. The van der Waals surface area contributed by atoms with Gasteiger partial charge in [-0.2, -0.15) is 0 Å². The summed E-state index contributed by atoms with van der Waals surface area (Å²) >= 11 is 0. The first-order chi connectivity index (χ1) is 38.2. The lowest BCUT2D eigenvalue weighted by Gasteiger charge is -2.33. The Bertz CT molecular complexity index is 2820. The zero-order chi connectivity index (χ0) is 61.3. The largest absolute Gasteiger partial charge is 0.491 e. The van der Waals surface area contributed by atoms with Gasteiger partial charge in [0.05, 0.1) is 13.1 Å². The van der Waals surface area contributed by atoms with Crippen LogP contribution in [0, 0.1) is 6.92 Å². The molecule has 0 radical (unpaired) electrons. The second kappa shape index (κ2) is 29.2. The van der Waals surface area contributed by atoms with Crippen molar-refractivity contribution in [2.75, 3.05) is 46.5 Å². The molecule has 0 aromatic heterocycles. The van der Waals surface area contributed by atoms with E-state index in [2.05, 4.69) is 37.2 Å². The topological polar surface area (TPSA) is 340 Å². The second-order valence-corrected chi connectivity index (χ2v) is 22.4. The van der Waals surface area contributed by atoms with Crippen molar-refractivity contribution in [2.45, 2.75) is 143 Å². The van der Waals surface area contributed by atoms with E-state index in [0.717, 1.165) is 4.90 Å². The lowest BCUT2D eigenvalue weighted by atomic mass is 9.93. The van der Waals surface area contributed by atoms with Crippen molar-refractivity contribution in [1.29, 1.82) is 0 Å². The quantitative estimate of drug-likeness (QED) is 0.0454. The molecule has 0 unspecified atom stereocenters. The number of amides is 9. The minimum Gasteiger partial charge on any atom is -0.491 e.